The fraction of sp³-hybridized carbons (Fsp3) is 0.308. The summed E-state index contributed by atoms with van der Waals surface area (Å²) in [7, 11) is 0. The Balaban J connectivity index is 2.04. The van der Waals surface area contributed by atoms with Crippen LogP contribution in [-0.4, -0.2) is 11.5 Å². The molecule has 0 saturated heterocycles. The molecule has 0 spiro atoms. The minimum atomic E-state index is 0.685. The lowest BCUT2D eigenvalue weighted by Crippen LogP contribution is -2.13. The number of benzene rings is 1. The molecule has 0 unspecified atom stereocenters. The van der Waals surface area contributed by atoms with Crippen LogP contribution < -0.4 is 5.32 Å². The SMILES string of the molecule is CCCNCc1ncc(-c2ccc(Br)cc2)o1. The molecule has 4 heteroatoms. The van der Waals surface area contributed by atoms with Crippen molar-refractivity contribution in [1.29, 1.82) is 0 Å². The van der Waals surface area contributed by atoms with E-state index in [1.165, 1.54) is 0 Å². The van der Waals surface area contributed by atoms with Crippen LogP contribution in [0, 0.1) is 0 Å². The Hall–Kier alpha value is -1.13. The Morgan fingerprint density at radius 2 is 2.06 bits per heavy atom. The number of halogens is 1. The topological polar surface area (TPSA) is 38.1 Å². The molecule has 0 bridgehead atoms. The number of oxazole rings is 1. The highest BCUT2D eigenvalue weighted by molar-refractivity contribution is 9.10. The van der Waals surface area contributed by atoms with Gasteiger partial charge >= 0.3 is 0 Å². The number of nitrogens with zero attached hydrogens (tertiary/aromatic N) is 1. The van der Waals surface area contributed by atoms with E-state index in [-0.39, 0.29) is 0 Å². The normalized spacial score (nSPS) is 10.7. The van der Waals surface area contributed by atoms with Gasteiger partial charge in [-0.3, -0.25) is 0 Å². The summed E-state index contributed by atoms with van der Waals surface area (Å²) in [5.41, 5.74) is 1.04. The molecule has 0 saturated carbocycles. The van der Waals surface area contributed by atoms with Gasteiger partial charge in [0.2, 0.25) is 5.89 Å². The predicted molar refractivity (Wildman–Crippen MR) is 71.6 cm³/mol. The van der Waals surface area contributed by atoms with Crippen molar-refractivity contribution in [3.63, 3.8) is 0 Å². The molecule has 0 atom stereocenters. The van der Waals surface area contributed by atoms with Crippen molar-refractivity contribution in [2.45, 2.75) is 19.9 Å². The van der Waals surface area contributed by atoms with E-state index in [0.29, 0.717) is 6.54 Å². The quantitative estimate of drug-likeness (QED) is 0.856. The van der Waals surface area contributed by atoms with Gasteiger partial charge in [0.05, 0.1) is 12.7 Å². The van der Waals surface area contributed by atoms with Crippen LogP contribution in [0.3, 0.4) is 0 Å². The van der Waals surface area contributed by atoms with Crippen molar-refractivity contribution in [3.05, 3.63) is 40.8 Å². The Kier molecular flexibility index (Phi) is 4.34. The van der Waals surface area contributed by atoms with Crippen molar-refractivity contribution in [2.24, 2.45) is 0 Å². The molecule has 0 aliphatic carbocycles. The molecule has 0 fully saturated rings. The molecular formula is C13H15BrN2O. The fourth-order valence-corrected chi connectivity index (χ4v) is 1.78. The van der Waals surface area contributed by atoms with Gasteiger partial charge in [-0.05, 0) is 25.1 Å². The average Bonchev–Trinajstić information content (AvgIpc) is 2.79. The van der Waals surface area contributed by atoms with Gasteiger partial charge in [-0.25, -0.2) is 4.98 Å². The minimum Gasteiger partial charge on any atom is -0.439 e. The first-order valence-electron chi connectivity index (χ1n) is 5.71. The van der Waals surface area contributed by atoms with E-state index in [0.717, 1.165) is 34.7 Å². The zero-order valence-electron chi connectivity index (χ0n) is 9.74. The molecule has 17 heavy (non-hydrogen) atoms. The second-order valence-electron chi connectivity index (χ2n) is 3.80. The van der Waals surface area contributed by atoms with Gasteiger partial charge in [-0.15, -0.1) is 0 Å². The zero-order chi connectivity index (χ0) is 12.1. The Morgan fingerprint density at radius 1 is 1.29 bits per heavy atom. The summed E-state index contributed by atoms with van der Waals surface area (Å²) in [5, 5.41) is 3.26. The van der Waals surface area contributed by atoms with E-state index < -0.39 is 0 Å². The lowest BCUT2D eigenvalue weighted by atomic mass is 10.2. The van der Waals surface area contributed by atoms with E-state index in [9.17, 15) is 0 Å². The third-order valence-electron chi connectivity index (χ3n) is 2.39. The second-order valence-corrected chi connectivity index (χ2v) is 4.72. The Bertz CT molecular complexity index is 465. The molecule has 0 radical (unpaired) electrons. The van der Waals surface area contributed by atoms with Crippen LogP contribution in [0.2, 0.25) is 0 Å². The van der Waals surface area contributed by atoms with E-state index in [2.05, 4.69) is 33.2 Å². The standard InChI is InChI=1S/C13H15BrN2O/c1-2-7-15-9-13-16-8-12(17-13)10-3-5-11(14)6-4-10/h3-6,8,15H,2,7,9H2,1H3. The van der Waals surface area contributed by atoms with Gasteiger partial charge in [0.1, 0.15) is 0 Å². The summed E-state index contributed by atoms with van der Waals surface area (Å²) in [5.74, 6) is 1.54. The number of nitrogens with one attached hydrogen (secondary N) is 1. The highest BCUT2D eigenvalue weighted by atomic mass is 79.9. The average molecular weight is 295 g/mol. The Labute approximate surface area is 109 Å². The highest BCUT2D eigenvalue weighted by Gasteiger charge is 2.05. The second kappa shape index (κ2) is 5.98. The third kappa shape index (κ3) is 3.41. The Morgan fingerprint density at radius 3 is 2.76 bits per heavy atom. The van der Waals surface area contributed by atoms with Crippen LogP contribution in [0.5, 0.6) is 0 Å². The smallest absolute Gasteiger partial charge is 0.208 e. The highest BCUT2D eigenvalue weighted by Crippen LogP contribution is 2.22. The number of rotatable bonds is 5. The molecule has 90 valence electrons. The van der Waals surface area contributed by atoms with Crippen molar-refractivity contribution < 1.29 is 4.42 Å². The maximum atomic E-state index is 5.67. The first-order chi connectivity index (χ1) is 8.29. The van der Waals surface area contributed by atoms with E-state index in [1.807, 2.05) is 24.3 Å². The molecule has 1 N–H and O–H groups in total. The number of hydrogen-bond acceptors (Lipinski definition) is 3. The van der Waals surface area contributed by atoms with Crippen LogP contribution in [0.4, 0.5) is 0 Å². The van der Waals surface area contributed by atoms with E-state index >= 15 is 0 Å². The summed E-state index contributed by atoms with van der Waals surface area (Å²) < 4.78 is 6.73. The lowest BCUT2D eigenvalue weighted by molar-refractivity contribution is 0.478. The van der Waals surface area contributed by atoms with Crippen LogP contribution in [0.25, 0.3) is 11.3 Å². The molecule has 1 heterocycles. The monoisotopic (exact) mass is 294 g/mol. The van der Waals surface area contributed by atoms with Gasteiger partial charge in [0.25, 0.3) is 0 Å². The molecule has 2 aromatic rings. The third-order valence-corrected chi connectivity index (χ3v) is 2.91. The maximum Gasteiger partial charge on any atom is 0.208 e. The summed E-state index contributed by atoms with van der Waals surface area (Å²) in [6.07, 6.45) is 2.88. The molecule has 0 aliphatic rings. The van der Waals surface area contributed by atoms with Gasteiger partial charge in [-0.1, -0.05) is 35.0 Å². The number of hydrogen-bond donors (Lipinski definition) is 1. The van der Waals surface area contributed by atoms with Crippen molar-refractivity contribution in [1.82, 2.24) is 10.3 Å². The summed E-state index contributed by atoms with van der Waals surface area (Å²) >= 11 is 3.41. The largest absolute Gasteiger partial charge is 0.439 e. The molecule has 0 aliphatic heterocycles. The molecule has 1 aromatic carbocycles. The van der Waals surface area contributed by atoms with Gasteiger partial charge < -0.3 is 9.73 Å². The first-order valence-corrected chi connectivity index (χ1v) is 6.50. The molecule has 1 aromatic heterocycles. The molecule has 2 rings (SSSR count). The minimum absolute atomic E-state index is 0.685. The maximum absolute atomic E-state index is 5.67. The van der Waals surface area contributed by atoms with Crippen LogP contribution in [0.1, 0.15) is 19.2 Å². The van der Waals surface area contributed by atoms with Gasteiger partial charge in [0.15, 0.2) is 5.76 Å². The van der Waals surface area contributed by atoms with Crippen LogP contribution in [-0.2, 0) is 6.54 Å². The van der Waals surface area contributed by atoms with Crippen molar-refractivity contribution in [3.8, 4) is 11.3 Å². The van der Waals surface area contributed by atoms with Crippen molar-refractivity contribution >= 4 is 15.9 Å². The van der Waals surface area contributed by atoms with Gasteiger partial charge in [0, 0.05) is 10.0 Å². The molecule has 0 amide bonds. The van der Waals surface area contributed by atoms with E-state index in [4.69, 9.17) is 4.42 Å². The van der Waals surface area contributed by atoms with Crippen LogP contribution >= 0.6 is 15.9 Å². The van der Waals surface area contributed by atoms with Crippen molar-refractivity contribution in [2.75, 3.05) is 6.54 Å². The predicted octanol–water partition coefficient (Wildman–Crippen LogP) is 3.60. The summed E-state index contributed by atoms with van der Waals surface area (Å²) in [6.45, 7) is 3.80. The first kappa shape index (κ1) is 12.3. The molecule has 3 nitrogen and oxygen atoms in total. The van der Waals surface area contributed by atoms with Crippen LogP contribution in [0.15, 0.2) is 39.4 Å². The summed E-state index contributed by atoms with van der Waals surface area (Å²) in [6, 6.07) is 8.00. The van der Waals surface area contributed by atoms with Gasteiger partial charge in [-0.2, -0.15) is 0 Å². The number of aromatic nitrogens is 1. The molecular weight excluding hydrogens is 280 g/mol. The fourth-order valence-electron chi connectivity index (χ4n) is 1.51. The lowest BCUT2D eigenvalue weighted by Gasteiger charge is -1.98. The van der Waals surface area contributed by atoms with E-state index in [1.54, 1.807) is 6.20 Å². The summed E-state index contributed by atoms with van der Waals surface area (Å²) in [4.78, 5) is 4.25. The zero-order valence-corrected chi connectivity index (χ0v) is 11.3.